The summed E-state index contributed by atoms with van der Waals surface area (Å²) in [6.07, 6.45) is 6.07. The Labute approximate surface area is 93.5 Å². The van der Waals surface area contributed by atoms with Crippen LogP contribution in [0.5, 0.6) is 0 Å². The van der Waals surface area contributed by atoms with E-state index in [1.165, 1.54) is 17.8 Å². The van der Waals surface area contributed by atoms with Gasteiger partial charge >= 0.3 is 0 Å². The number of hydrogen-bond donors (Lipinski definition) is 0. The Bertz CT molecular complexity index is 325. The lowest BCUT2D eigenvalue weighted by atomic mass is 9.76. The molecular weight excluding hydrogens is 210 g/mol. The Kier molecular flexibility index (Phi) is 3.17. The molecule has 1 aliphatic carbocycles. The molecule has 4 heteroatoms. The number of carbonyl (C=O) groups excluding carboxylic acids is 1. The zero-order valence-electron chi connectivity index (χ0n) is 8.86. The average Bonchev–Trinajstić information content (AvgIpc) is 2.64. The van der Waals surface area contributed by atoms with Gasteiger partial charge in [-0.15, -0.1) is 11.3 Å². The fourth-order valence-electron chi connectivity index (χ4n) is 1.97. The van der Waals surface area contributed by atoms with E-state index in [4.69, 9.17) is 4.74 Å². The summed E-state index contributed by atoms with van der Waals surface area (Å²) >= 11 is 1.54. The Balaban J connectivity index is 1.87. The number of ketones is 1. The monoisotopic (exact) mass is 225 g/mol. The molecule has 0 radical (unpaired) electrons. The van der Waals surface area contributed by atoms with E-state index >= 15 is 0 Å². The largest absolute Gasteiger partial charge is 0.378 e. The van der Waals surface area contributed by atoms with Crippen molar-refractivity contribution in [3.63, 3.8) is 0 Å². The summed E-state index contributed by atoms with van der Waals surface area (Å²) in [5.41, 5.74) is 1.62. The van der Waals surface area contributed by atoms with Crippen LogP contribution in [0.4, 0.5) is 0 Å². The Morgan fingerprint density at radius 2 is 2.47 bits per heavy atom. The molecule has 0 aliphatic heterocycles. The van der Waals surface area contributed by atoms with E-state index in [9.17, 15) is 4.79 Å². The summed E-state index contributed by atoms with van der Waals surface area (Å²) in [6.45, 7) is 0. The molecule has 0 atom stereocenters. The molecule has 2 rings (SSSR count). The smallest absolute Gasteiger partial charge is 0.141 e. The first kappa shape index (κ1) is 10.8. The van der Waals surface area contributed by atoms with E-state index in [-0.39, 0.29) is 11.4 Å². The van der Waals surface area contributed by atoms with E-state index in [0.717, 1.165) is 17.7 Å². The molecular formula is C11H15NO2S. The molecule has 1 aromatic heterocycles. The van der Waals surface area contributed by atoms with Crippen molar-refractivity contribution in [1.29, 1.82) is 0 Å². The molecule has 0 unspecified atom stereocenters. The van der Waals surface area contributed by atoms with Crippen molar-refractivity contribution in [1.82, 2.24) is 4.98 Å². The van der Waals surface area contributed by atoms with E-state index in [0.29, 0.717) is 12.8 Å². The second kappa shape index (κ2) is 4.41. The highest BCUT2D eigenvalue weighted by molar-refractivity contribution is 7.09. The van der Waals surface area contributed by atoms with Gasteiger partial charge < -0.3 is 4.74 Å². The van der Waals surface area contributed by atoms with Gasteiger partial charge in [-0.05, 0) is 19.3 Å². The number of ether oxygens (including phenoxy) is 1. The molecule has 1 heterocycles. The molecule has 0 bridgehead atoms. The van der Waals surface area contributed by atoms with Gasteiger partial charge in [0, 0.05) is 31.0 Å². The van der Waals surface area contributed by atoms with Gasteiger partial charge in [-0.2, -0.15) is 0 Å². The minimum absolute atomic E-state index is 0.137. The van der Waals surface area contributed by atoms with Crippen LogP contribution >= 0.6 is 11.3 Å². The summed E-state index contributed by atoms with van der Waals surface area (Å²) in [7, 11) is 1.71. The van der Waals surface area contributed by atoms with Crippen molar-refractivity contribution in [2.45, 2.75) is 37.7 Å². The van der Waals surface area contributed by atoms with Gasteiger partial charge in [-0.25, -0.2) is 0 Å². The minimum atomic E-state index is -0.137. The van der Waals surface area contributed by atoms with E-state index in [1.807, 2.05) is 0 Å². The molecule has 0 N–H and O–H groups in total. The number of hydrogen-bond acceptors (Lipinski definition) is 4. The molecule has 1 aromatic rings. The summed E-state index contributed by atoms with van der Waals surface area (Å²) < 4.78 is 5.43. The SMILES string of the molecule is COC1(CC(=O)Cc2cncs2)CCC1. The van der Waals surface area contributed by atoms with Crippen LogP contribution in [0.25, 0.3) is 0 Å². The predicted octanol–water partition coefficient (Wildman–Crippen LogP) is 2.21. The van der Waals surface area contributed by atoms with Crippen molar-refractivity contribution < 1.29 is 9.53 Å². The molecule has 1 fully saturated rings. The summed E-state index contributed by atoms with van der Waals surface area (Å²) in [5, 5.41) is 0. The minimum Gasteiger partial charge on any atom is -0.378 e. The lowest BCUT2D eigenvalue weighted by Gasteiger charge is -2.40. The van der Waals surface area contributed by atoms with Crippen molar-refractivity contribution in [2.24, 2.45) is 0 Å². The second-order valence-corrected chi connectivity index (χ2v) is 5.07. The zero-order chi connectivity index (χ0) is 10.7. The normalized spacial score (nSPS) is 18.5. The van der Waals surface area contributed by atoms with Crippen LogP contribution in [0.1, 0.15) is 30.6 Å². The van der Waals surface area contributed by atoms with Gasteiger partial charge in [0.25, 0.3) is 0 Å². The highest BCUT2D eigenvalue weighted by atomic mass is 32.1. The highest BCUT2D eigenvalue weighted by Crippen LogP contribution is 2.38. The maximum absolute atomic E-state index is 11.8. The van der Waals surface area contributed by atoms with Crippen LogP contribution in [-0.2, 0) is 16.0 Å². The van der Waals surface area contributed by atoms with Crippen LogP contribution in [0, 0.1) is 0 Å². The maximum Gasteiger partial charge on any atom is 0.141 e. The Morgan fingerprint density at radius 3 is 2.93 bits per heavy atom. The number of aromatic nitrogens is 1. The van der Waals surface area contributed by atoms with Gasteiger partial charge in [0.05, 0.1) is 11.1 Å². The van der Waals surface area contributed by atoms with Gasteiger partial charge in [-0.3, -0.25) is 9.78 Å². The zero-order valence-corrected chi connectivity index (χ0v) is 9.68. The molecule has 15 heavy (non-hydrogen) atoms. The topological polar surface area (TPSA) is 39.2 Å². The summed E-state index contributed by atoms with van der Waals surface area (Å²) in [6, 6.07) is 0. The Morgan fingerprint density at radius 1 is 1.67 bits per heavy atom. The van der Waals surface area contributed by atoms with Gasteiger partial charge in [0.2, 0.25) is 0 Å². The quantitative estimate of drug-likeness (QED) is 0.771. The maximum atomic E-state index is 11.8. The summed E-state index contributed by atoms with van der Waals surface area (Å²) in [5.74, 6) is 0.265. The number of Topliss-reactive ketones (excluding diaryl/α,β-unsaturated/α-hetero) is 1. The van der Waals surface area contributed by atoms with Crippen molar-refractivity contribution in [3.05, 3.63) is 16.6 Å². The lowest BCUT2D eigenvalue weighted by Crippen LogP contribution is -2.41. The lowest BCUT2D eigenvalue weighted by molar-refractivity contribution is -0.131. The molecule has 0 saturated heterocycles. The average molecular weight is 225 g/mol. The van der Waals surface area contributed by atoms with Crippen LogP contribution in [0.2, 0.25) is 0 Å². The third-order valence-corrected chi connectivity index (χ3v) is 3.85. The third kappa shape index (κ3) is 2.44. The van der Waals surface area contributed by atoms with Gasteiger partial charge in [0.15, 0.2) is 0 Å². The second-order valence-electron chi connectivity index (χ2n) is 4.10. The fourth-order valence-corrected chi connectivity index (χ4v) is 2.59. The van der Waals surface area contributed by atoms with Crippen LogP contribution in [0.15, 0.2) is 11.7 Å². The number of rotatable bonds is 5. The fraction of sp³-hybridized carbons (Fsp3) is 0.636. The van der Waals surface area contributed by atoms with E-state index in [2.05, 4.69) is 4.98 Å². The highest BCUT2D eigenvalue weighted by Gasteiger charge is 2.38. The molecule has 3 nitrogen and oxygen atoms in total. The van der Waals surface area contributed by atoms with E-state index < -0.39 is 0 Å². The summed E-state index contributed by atoms with van der Waals surface area (Å²) in [4.78, 5) is 16.8. The van der Waals surface area contributed by atoms with Crippen LogP contribution in [0.3, 0.4) is 0 Å². The number of methoxy groups -OCH3 is 1. The van der Waals surface area contributed by atoms with Crippen LogP contribution < -0.4 is 0 Å². The van der Waals surface area contributed by atoms with Crippen molar-refractivity contribution >= 4 is 17.1 Å². The molecule has 82 valence electrons. The molecule has 0 aromatic carbocycles. The van der Waals surface area contributed by atoms with E-state index in [1.54, 1.807) is 18.8 Å². The van der Waals surface area contributed by atoms with Gasteiger partial charge in [-0.1, -0.05) is 0 Å². The number of thiazole rings is 1. The Hall–Kier alpha value is -0.740. The van der Waals surface area contributed by atoms with Crippen molar-refractivity contribution in [3.8, 4) is 0 Å². The first-order valence-corrected chi connectivity index (χ1v) is 6.06. The molecule has 1 aliphatic rings. The van der Waals surface area contributed by atoms with Gasteiger partial charge in [0.1, 0.15) is 5.78 Å². The molecule has 0 spiro atoms. The third-order valence-electron chi connectivity index (χ3n) is 3.07. The molecule has 0 amide bonds. The number of nitrogens with zero attached hydrogens (tertiary/aromatic N) is 1. The van der Waals surface area contributed by atoms with Crippen molar-refractivity contribution in [2.75, 3.05) is 7.11 Å². The number of carbonyl (C=O) groups is 1. The standard InChI is InChI=1S/C11H15NO2S/c1-14-11(3-2-4-11)6-9(13)5-10-7-12-8-15-10/h7-8H,2-6H2,1H3. The van der Waals surface area contributed by atoms with Crippen LogP contribution in [-0.4, -0.2) is 23.5 Å². The first-order valence-electron chi connectivity index (χ1n) is 5.18. The molecule has 1 saturated carbocycles. The first-order chi connectivity index (χ1) is 7.24. The predicted molar refractivity (Wildman–Crippen MR) is 59.0 cm³/mol.